The lowest BCUT2D eigenvalue weighted by atomic mass is 9.99. The molecule has 0 heterocycles. The molecule has 0 aliphatic heterocycles. The molecule has 1 aromatic rings. The van der Waals surface area contributed by atoms with Gasteiger partial charge in [-0.1, -0.05) is 18.2 Å². The molecule has 0 saturated carbocycles. The fraction of sp³-hybridized carbons (Fsp3) is 0.467. The van der Waals surface area contributed by atoms with Crippen LogP contribution in [0.1, 0.15) is 18.9 Å². The van der Waals surface area contributed by atoms with Gasteiger partial charge in [0.2, 0.25) is 5.91 Å². The van der Waals surface area contributed by atoms with Gasteiger partial charge in [-0.05, 0) is 25.5 Å². The predicted octanol–water partition coefficient (Wildman–Crippen LogP) is 2.08. The molecule has 0 radical (unpaired) electrons. The average Bonchev–Trinajstić information content (AvgIpc) is 2.36. The molecule has 1 amide bonds. The van der Waals surface area contributed by atoms with E-state index >= 15 is 0 Å². The van der Waals surface area contributed by atoms with Gasteiger partial charge in [0.25, 0.3) is 0 Å². The van der Waals surface area contributed by atoms with E-state index in [1.165, 1.54) is 18.9 Å². The van der Waals surface area contributed by atoms with Crippen molar-refractivity contribution in [2.24, 2.45) is 0 Å². The van der Waals surface area contributed by atoms with Crippen molar-refractivity contribution in [3.63, 3.8) is 0 Å². The van der Waals surface area contributed by atoms with Crippen LogP contribution in [0.15, 0.2) is 29.2 Å². The summed E-state index contributed by atoms with van der Waals surface area (Å²) in [6.07, 6.45) is -0.179. The van der Waals surface area contributed by atoms with Crippen LogP contribution in [-0.4, -0.2) is 42.0 Å². The molecule has 0 spiro atoms. The van der Waals surface area contributed by atoms with Crippen LogP contribution in [0, 0.1) is 6.92 Å². The van der Waals surface area contributed by atoms with Gasteiger partial charge in [0, 0.05) is 12.0 Å². The minimum atomic E-state index is -0.971. The highest BCUT2D eigenvalue weighted by Gasteiger charge is 2.29. The van der Waals surface area contributed by atoms with Crippen LogP contribution in [-0.2, 0) is 14.3 Å². The first-order valence-electron chi connectivity index (χ1n) is 6.56. The van der Waals surface area contributed by atoms with E-state index in [1.54, 1.807) is 6.92 Å². The molecule has 0 aliphatic carbocycles. The number of aryl methyl sites for hydroxylation is 1. The molecule has 0 aliphatic rings. The molecule has 1 aromatic carbocycles. The summed E-state index contributed by atoms with van der Waals surface area (Å²) in [5, 5.41) is 11.7. The summed E-state index contributed by atoms with van der Waals surface area (Å²) in [5.41, 5.74) is 0.213. The number of aliphatic carboxylic acids is 1. The molecule has 2 N–H and O–H groups in total. The molecule has 0 aromatic heterocycles. The first kappa shape index (κ1) is 17.5. The lowest BCUT2D eigenvalue weighted by Gasteiger charge is -2.28. The van der Waals surface area contributed by atoms with Crippen LogP contribution < -0.4 is 5.32 Å². The summed E-state index contributed by atoms with van der Waals surface area (Å²) >= 11 is 1.43. The van der Waals surface area contributed by atoms with E-state index in [2.05, 4.69) is 5.32 Å². The number of benzene rings is 1. The van der Waals surface area contributed by atoms with E-state index in [1.807, 2.05) is 31.2 Å². The Morgan fingerprint density at radius 2 is 2.05 bits per heavy atom. The van der Waals surface area contributed by atoms with Crippen molar-refractivity contribution in [2.75, 3.05) is 19.5 Å². The van der Waals surface area contributed by atoms with Crippen molar-refractivity contribution < 1.29 is 19.4 Å². The standard InChI is InChI=1S/C15H21NO4S/c1-11-6-4-5-7-12(11)21-9-13(17)16-15(2,10-20-3)8-14(18)19/h4-7H,8-10H2,1-3H3,(H,16,17)(H,18,19). The Morgan fingerprint density at radius 3 is 2.62 bits per heavy atom. The highest BCUT2D eigenvalue weighted by atomic mass is 32.2. The minimum Gasteiger partial charge on any atom is -0.481 e. The van der Waals surface area contributed by atoms with Crippen molar-refractivity contribution in [2.45, 2.75) is 30.7 Å². The van der Waals surface area contributed by atoms with Crippen molar-refractivity contribution in [3.8, 4) is 0 Å². The third kappa shape index (κ3) is 6.18. The Hall–Kier alpha value is -1.53. The summed E-state index contributed by atoms with van der Waals surface area (Å²) in [6, 6.07) is 7.81. The predicted molar refractivity (Wildman–Crippen MR) is 82.6 cm³/mol. The van der Waals surface area contributed by atoms with Crippen LogP contribution in [0.3, 0.4) is 0 Å². The van der Waals surface area contributed by atoms with Gasteiger partial charge in [0.1, 0.15) is 0 Å². The Kier molecular flexibility index (Phi) is 6.71. The fourth-order valence-electron chi connectivity index (χ4n) is 2.02. The topological polar surface area (TPSA) is 75.6 Å². The van der Waals surface area contributed by atoms with Gasteiger partial charge in [-0.25, -0.2) is 0 Å². The number of hydrogen-bond donors (Lipinski definition) is 2. The number of rotatable bonds is 8. The van der Waals surface area contributed by atoms with Crippen molar-refractivity contribution >= 4 is 23.6 Å². The van der Waals surface area contributed by atoms with E-state index in [9.17, 15) is 9.59 Å². The summed E-state index contributed by atoms with van der Waals surface area (Å²) in [5.74, 6) is -0.936. The summed E-state index contributed by atoms with van der Waals surface area (Å²) in [7, 11) is 1.48. The highest BCUT2D eigenvalue weighted by Crippen LogP contribution is 2.21. The number of ether oxygens (including phenoxy) is 1. The number of methoxy groups -OCH3 is 1. The molecule has 1 atom stereocenters. The number of carbonyl (C=O) groups is 2. The Morgan fingerprint density at radius 1 is 1.38 bits per heavy atom. The van der Waals surface area contributed by atoms with Crippen LogP contribution in [0.2, 0.25) is 0 Å². The Labute approximate surface area is 129 Å². The average molecular weight is 311 g/mol. The van der Waals surface area contributed by atoms with E-state index in [0.29, 0.717) is 0 Å². The maximum Gasteiger partial charge on any atom is 0.305 e. The SMILES string of the molecule is COCC(C)(CC(=O)O)NC(=O)CSc1ccccc1C. The summed E-state index contributed by atoms with van der Waals surface area (Å²) in [4.78, 5) is 23.9. The minimum absolute atomic E-state index is 0.153. The maximum atomic E-state index is 12.0. The summed E-state index contributed by atoms with van der Waals surface area (Å²) < 4.78 is 5.01. The molecule has 21 heavy (non-hydrogen) atoms. The first-order chi connectivity index (χ1) is 9.86. The third-order valence-corrected chi connectivity index (χ3v) is 4.07. The highest BCUT2D eigenvalue weighted by molar-refractivity contribution is 8.00. The molecule has 1 unspecified atom stereocenters. The van der Waals surface area contributed by atoms with Crippen molar-refractivity contribution in [3.05, 3.63) is 29.8 Å². The van der Waals surface area contributed by atoms with E-state index in [-0.39, 0.29) is 24.7 Å². The lowest BCUT2D eigenvalue weighted by Crippen LogP contribution is -2.51. The molecule has 116 valence electrons. The van der Waals surface area contributed by atoms with Gasteiger partial charge in [-0.3, -0.25) is 9.59 Å². The second-order valence-electron chi connectivity index (χ2n) is 5.17. The Balaban J connectivity index is 2.58. The number of thioether (sulfide) groups is 1. The van der Waals surface area contributed by atoms with Crippen molar-refractivity contribution in [1.82, 2.24) is 5.32 Å². The molecule has 1 rings (SSSR count). The van der Waals surface area contributed by atoms with Gasteiger partial charge in [0.05, 0.1) is 24.3 Å². The third-order valence-electron chi connectivity index (χ3n) is 2.90. The van der Waals surface area contributed by atoms with Crippen LogP contribution in [0.5, 0.6) is 0 Å². The number of carboxylic acid groups (broad SMARTS) is 1. The van der Waals surface area contributed by atoms with E-state index < -0.39 is 11.5 Å². The van der Waals surface area contributed by atoms with Gasteiger partial charge in [-0.2, -0.15) is 0 Å². The second kappa shape index (κ2) is 8.05. The van der Waals surface area contributed by atoms with Gasteiger partial charge in [0.15, 0.2) is 0 Å². The molecule has 0 fully saturated rings. The van der Waals surface area contributed by atoms with Gasteiger partial charge < -0.3 is 15.2 Å². The second-order valence-corrected chi connectivity index (χ2v) is 6.18. The monoisotopic (exact) mass is 311 g/mol. The quantitative estimate of drug-likeness (QED) is 0.719. The largest absolute Gasteiger partial charge is 0.481 e. The number of amides is 1. The zero-order valence-electron chi connectivity index (χ0n) is 12.5. The smallest absolute Gasteiger partial charge is 0.305 e. The molecular weight excluding hydrogens is 290 g/mol. The van der Waals surface area contributed by atoms with Gasteiger partial charge in [-0.15, -0.1) is 11.8 Å². The normalized spacial score (nSPS) is 13.5. The molecule has 5 nitrogen and oxygen atoms in total. The van der Waals surface area contributed by atoms with Crippen molar-refractivity contribution in [1.29, 1.82) is 0 Å². The van der Waals surface area contributed by atoms with E-state index in [0.717, 1.165) is 10.5 Å². The molecule has 0 bridgehead atoms. The molecule has 0 saturated heterocycles. The first-order valence-corrected chi connectivity index (χ1v) is 7.55. The van der Waals surface area contributed by atoms with Gasteiger partial charge >= 0.3 is 5.97 Å². The number of carbonyl (C=O) groups excluding carboxylic acids is 1. The number of carboxylic acids is 1. The van der Waals surface area contributed by atoms with E-state index in [4.69, 9.17) is 9.84 Å². The van der Waals surface area contributed by atoms with Crippen LogP contribution in [0.4, 0.5) is 0 Å². The zero-order chi connectivity index (χ0) is 15.9. The summed E-state index contributed by atoms with van der Waals surface area (Å²) in [6.45, 7) is 3.81. The molecular formula is C15H21NO4S. The lowest BCUT2D eigenvalue weighted by molar-refractivity contribution is -0.139. The molecule has 6 heteroatoms. The number of nitrogens with one attached hydrogen (secondary N) is 1. The Bertz CT molecular complexity index is 506. The zero-order valence-corrected chi connectivity index (χ0v) is 13.3. The van der Waals surface area contributed by atoms with Crippen LogP contribution in [0.25, 0.3) is 0 Å². The fourth-order valence-corrected chi connectivity index (χ4v) is 2.85. The number of hydrogen-bond acceptors (Lipinski definition) is 4. The maximum absolute atomic E-state index is 12.0. The van der Waals surface area contributed by atoms with Crippen LogP contribution >= 0.6 is 11.8 Å².